The molecular weight excluding hydrogens is 675 g/mol. The molecule has 12 heteroatoms. The predicted octanol–water partition coefficient (Wildman–Crippen LogP) is 7.44. The monoisotopic (exact) mass is 728 g/mol. The van der Waals surface area contributed by atoms with E-state index in [1.54, 1.807) is 13.8 Å². The number of carbonyl (C=O) groups excluding carboxylic acids is 4. The van der Waals surface area contributed by atoms with Gasteiger partial charge in [0.05, 0.1) is 18.3 Å². The van der Waals surface area contributed by atoms with E-state index in [0.29, 0.717) is 44.9 Å². The molecule has 0 saturated heterocycles. The maximum atomic E-state index is 17.8. The standard InChI is InChI=1S/C40H53FO11/c1-6-8-12-18-49-35(47)25-20-29(42)34(46)30(21-25)51-36(48)50-23-32(44)40(52-33(45)14-9-7-2)24(3)19-28-27-16-15-26-13-10-11-17-37(26,4)39(27,41)31(43)22-38(28,40)5/h11,13,17,20-21,24,27-28,31,42-43,46H,6-10,12,14-16,18-19,22-23H2,1-5H3. The summed E-state index contributed by atoms with van der Waals surface area (Å²) in [4.78, 5) is 53.4. The average molecular weight is 729 g/mol. The van der Waals surface area contributed by atoms with Crippen LogP contribution in [0.25, 0.3) is 0 Å². The van der Waals surface area contributed by atoms with E-state index in [4.69, 9.17) is 18.9 Å². The zero-order valence-electron chi connectivity index (χ0n) is 30.9. The second kappa shape index (κ2) is 15.2. The van der Waals surface area contributed by atoms with Crippen LogP contribution in [0.15, 0.2) is 35.9 Å². The molecule has 0 heterocycles. The molecule has 5 rings (SSSR count). The first-order chi connectivity index (χ1) is 24.6. The predicted molar refractivity (Wildman–Crippen MR) is 187 cm³/mol. The number of ether oxygens (including phenoxy) is 4. The highest BCUT2D eigenvalue weighted by Crippen LogP contribution is 2.71. The normalized spacial score (nSPS) is 33.2. The number of phenolic OH excluding ortho intramolecular Hbond substituents is 2. The number of carbonyl (C=O) groups is 4. The number of hydrogen-bond donors (Lipinski definition) is 3. The van der Waals surface area contributed by atoms with Crippen LogP contribution in [0.5, 0.6) is 17.2 Å². The summed E-state index contributed by atoms with van der Waals surface area (Å²) in [6.07, 6.45) is 8.50. The highest BCUT2D eigenvalue weighted by Gasteiger charge is 2.77. The molecule has 52 heavy (non-hydrogen) atoms. The molecule has 1 aromatic carbocycles. The van der Waals surface area contributed by atoms with Gasteiger partial charge in [-0.25, -0.2) is 14.0 Å². The molecule has 1 aromatic rings. The van der Waals surface area contributed by atoms with E-state index in [1.165, 1.54) is 0 Å². The Labute approximate surface area is 304 Å². The molecule has 4 aliphatic rings. The van der Waals surface area contributed by atoms with E-state index in [0.717, 1.165) is 30.5 Å². The van der Waals surface area contributed by atoms with E-state index in [1.807, 2.05) is 39.0 Å². The highest BCUT2D eigenvalue weighted by atomic mass is 19.1. The number of aliphatic hydroxyl groups is 1. The van der Waals surface area contributed by atoms with Gasteiger partial charge in [0.1, 0.15) is 0 Å². The van der Waals surface area contributed by atoms with Crippen LogP contribution < -0.4 is 4.74 Å². The van der Waals surface area contributed by atoms with Gasteiger partial charge < -0.3 is 34.3 Å². The van der Waals surface area contributed by atoms with Crippen molar-refractivity contribution in [2.45, 2.75) is 123 Å². The van der Waals surface area contributed by atoms with E-state index in [2.05, 4.69) is 0 Å². The Bertz CT molecular complexity index is 1620. The Morgan fingerprint density at radius 1 is 1.00 bits per heavy atom. The third-order valence-corrected chi connectivity index (χ3v) is 12.4. The molecule has 11 nitrogen and oxygen atoms in total. The van der Waals surface area contributed by atoms with Crippen molar-refractivity contribution in [1.29, 1.82) is 0 Å². The van der Waals surface area contributed by atoms with Crippen molar-refractivity contribution in [2.24, 2.45) is 28.6 Å². The van der Waals surface area contributed by atoms with Gasteiger partial charge >= 0.3 is 18.1 Å². The van der Waals surface area contributed by atoms with Gasteiger partial charge in [-0.3, -0.25) is 9.59 Å². The minimum atomic E-state index is -2.02. The number of halogens is 1. The Morgan fingerprint density at radius 2 is 1.73 bits per heavy atom. The summed E-state index contributed by atoms with van der Waals surface area (Å²) >= 11 is 0. The highest BCUT2D eigenvalue weighted by molar-refractivity contribution is 5.94. The first-order valence-electron chi connectivity index (χ1n) is 18.7. The summed E-state index contributed by atoms with van der Waals surface area (Å²) in [5.41, 5.74) is -5.37. The molecule has 8 atom stereocenters. The third-order valence-electron chi connectivity index (χ3n) is 12.4. The summed E-state index contributed by atoms with van der Waals surface area (Å²) in [7, 11) is 0. The quantitative estimate of drug-likeness (QED) is 0.0462. The Balaban J connectivity index is 1.40. The first-order valence-corrected chi connectivity index (χ1v) is 18.7. The fourth-order valence-corrected chi connectivity index (χ4v) is 9.83. The molecule has 8 unspecified atom stereocenters. The fraction of sp³-hybridized carbons (Fsp3) is 0.650. The lowest BCUT2D eigenvalue weighted by molar-refractivity contribution is -0.228. The Hall–Kier alpha value is -3.93. The van der Waals surface area contributed by atoms with Gasteiger partial charge in [-0.05, 0) is 69.9 Å². The van der Waals surface area contributed by atoms with Crippen molar-refractivity contribution in [3.8, 4) is 17.2 Å². The number of unbranched alkanes of at least 4 members (excludes halogenated alkanes) is 3. The van der Waals surface area contributed by atoms with Crippen LogP contribution in [0.3, 0.4) is 0 Å². The SMILES string of the molecule is CCCCCOC(=O)c1cc(O)c(O)c(OC(=O)OCC(=O)C2(OC(=O)CCCC)C(C)CC3C4CCC5=CCC=CC5(C)C4(F)C(O)CC32C)c1. The summed E-state index contributed by atoms with van der Waals surface area (Å²) in [6.45, 7) is 8.50. The molecule has 3 N–H and O–H groups in total. The molecule has 0 aromatic heterocycles. The molecule has 3 fully saturated rings. The molecule has 0 amide bonds. The Kier molecular flexibility index (Phi) is 11.5. The number of alkyl halides is 1. The molecule has 0 radical (unpaired) electrons. The van der Waals surface area contributed by atoms with Gasteiger partial charge in [0.2, 0.25) is 11.5 Å². The number of allylic oxidation sites excluding steroid dienone is 4. The summed E-state index contributed by atoms with van der Waals surface area (Å²) < 4.78 is 39.5. The third kappa shape index (κ3) is 6.49. The van der Waals surface area contributed by atoms with Crippen LogP contribution in [0.2, 0.25) is 0 Å². The number of esters is 2. The maximum absolute atomic E-state index is 17.8. The number of Topliss-reactive ketones (excluding diaryl/α,β-unsaturated/α-hetero) is 1. The lowest BCUT2D eigenvalue weighted by Gasteiger charge is -2.63. The molecule has 286 valence electrons. The summed E-state index contributed by atoms with van der Waals surface area (Å²) in [5.74, 6) is -6.10. The van der Waals surface area contributed by atoms with Crippen LogP contribution >= 0.6 is 0 Å². The largest absolute Gasteiger partial charge is 0.514 e. The van der Waals surface area contributed by atoms with Crippen LogP contribution in [0.1, 0.15) is 116 Å². The van der Waals surface area contributed by atoms with Gasteiger partial charge in [0.15, 0.2) is 29.4 Å². The minimum Gasteiger partial charge on any atom is -0.504 e. The zero-order valence-corrected chi connectivity index (χ0v) is 30.9. The molecule has 3 saturated carbocycles. The molecule has 4 aliphatic carbocycles. The molecule has 0 aliphatic heterocycles. The average Bonchev–Trinajstić information content (AvgIpc) is 3.32. The number of hydrogen-bond acceptors (Lipinski definition) is 11. The fourth-order valence-electron chi connectivity index (χ4n) is 9.83. The topological polar surface area (TPSA) is 166 Å². The van der Waals surface area contributed by atoms with E-state index < -0.39 is 93.7 Å². The molecule has 0 bridgehead atoms. The number of ketones is 1. The van der Waals surface area contributed by atoms with E-state index in [-0.39, 0.29) is 25.0 Å². The zero-order chi connectivity index (χ0) is 38.1. The number of rotatable bonds is 13. The first kappa shape index (κ1) is 39.3. The van der Waals surface area contributed by atoms with Crippen molar-refractivity contribution < 1.29 is 57.8 Å². The van der Waals surface area contributed by atoms with Crippen LogP contribution in [-0.2, 0) is 23.8 Å². The summed E-state index contributed by atoms with van der Waals surface area (Å²) in [6, 6.07) is 1.97. The van der Waals surface area contributed by atoms with Crippen molar-refractivity contribution >= 4 is 23.9 Å². The number of fused-ring (bicyclic) bond motifs is 5. The smallest absolute Gasteiger partial charge is 0.504 e. The van der Waals surface area contributed by atoms with Gasteiger partial charge in [0.25, 0.3) is 0 Å². The van der Waals surface area contributed by atoms with Gasteiger partial charge in [-0.2, -0.15) is 0 Å². The number of aromatic hydroxyl groups is 2. The van der Waals surface area contributed by atoms with Crippen molar-refractivity contribution in [3.05, 3.63) is 41.5 Å². The van der Waals surface area contributed by atoms with Crippen molar-refractivity contribution in [2.75, 3.05) is 13.2 Å². The van der Waals surface area contributed by atoms with Gasteiger partial charge in [0, 0.05) is 29.1 Å². The van der Waals surface area contributed by atoms with Crippen molar-refractivity contribution in [1.82, 2.24) is 0 Å². The van der Waals surface area contributed by atoms with Crippen molar-refractivity contribution in [3.63, 3.8) is 0 Å². The minimum absolute atomic E-state index is 0.0398. The van der Waals surface area contributed by atoms with Crippen LogP contribution in [-0.4, -0.2) is 69.8 Å². The van der Waals surface area contributed by atoms with E-state index >= 15 is 4.39 Å². The van der Waals surface area contributed by atoms with Crippen LogP contribution in [0, 0.1) is 28.6 Å². The van der Waals surface area contributed by atoms with Crippen LogP contribution in [0.4, 0.5) is 9.18 Å². The van der Waals surface area contributed by atoms with Gasteiger partial charge in [-0.1, -0.05) is 70.8 Å². The lowest BCUT2D eigenvalue weighted by Crippen LogP contribution is -2.70. The van der Waals surface area contributed by atoms with Gasteiger partial charge in [-0.15, -0.1) is 0 Å². The number of aliphatic hydroxyl groups excluding tert-OH is 1. The lowest BCUT2D eigenvalue weighted by atomic mass is 9.44. The maximum Gasteiger partial charge on any atom is 0.514 e. The molecule has 0 spiro atoms. The second-order valence-electron chi connectivity index (χ2n) is 15.4. The number of benzene rings is 1. The molecular formula is C40H53FO11. The Morgan fingerprint density at radius 3 is 2.44 bits per heavy atom. The second-order valence-corrected chi connectivity index (χ2v) is 15.4. The van der Waals surface area contributed by atoms with E-state index in [9.17, 15) is 34.5 Å². The summed E-state index contributed by atoms with van der Waals surface area (Å²) in [5, 5.41) is 32.4. The number of phenols is 2.